The number of ether oxygens (including phenoxy) is 7. The molecule has 1 N–H and O–H groups in total. The molecule has 15 heteroatoms. The zero-order valence-electron chi connectivity index (χ0n) is 30.9. The fourth-order valence-corrected chi connectivity index (χ4v) is 5.74. The van der Waals surface area contributed by atoms with Gasteiger partial charge in [0.25, 0.3) is 0 Å². The summed E-state index contributed by atoms with van der Waals surface area (Å²) in [7, 11) is 9.57. The third-order valence-corrected chi connectivity index (χ3v) is 8.62. The highest BCUT2D eigenvalue weighted by Crippen LogP contribution is 2.41. The van der Waals surface area contributed by atoms with Gasteiger partial charge < -0.3 is 48.3 Å². The van der Waals surface area contributed by atoms with Gasteiger partial charge in [-0.1, -0.05) is 12.1 Å². The molecule has 1 amide bonds. The summed E-state index contributed by atoms with van der Waals surface area (Å²) in [6.45, 7) is 5.55. The van der Waals surface area contributed by atoms with E-state index in [9.17, 15) is 9.59 Å². The van der Waals surface area contributed by atoms with Gasteiger partial charge in [0.1, 0.15) is 28.6 Å². The Morgan fingerprint density at radius 2 is 1.58 bits per heavy atom. The molecular formula is C38H46N6O9. The summed E-state index contributed by atoms with van der Waals surface area (Å²) in [6, 6.07) is 16.6. The van der Waals surface area contributed by atoms with E-state index >= 15 is 0 Å². The summed E-state index contributed by atoms with van der Waals surface area (Å²) < 4.78 is 39.2. The van der Waals surface area contributed by atoms with Crippen LogP contribution < -0.4 is 38.6 Å². The number of nitrogens with zero attached hydrogens (tertiary/aromatic N) is 5. The van der Waals surface area contributed by atoms with Gasteiger partial charge in [-0.25, -0.2) is 14.6 Å². The van der Waals surface area contributed by atoms with Crippen LogP contribution >= 0.6 is 0 Å². The van der Waals surface area contributed by atoms with Crippen molar-refractivity contribution < 1.29 is 42.7 Å². The minimum atomic E-state index is -0.825. The average molecular weight is 731 g/mol. The minimum absolute atomic E-state index is 0.0146. The van der Waals surface area contributed by atoms with Gasteiger partial charge in [-0.15, -0.1) is 0 Å². The van der Waals surface area contributed by atoms with Crippen LogP contribution in [0.2, 0.25) is 0 Å². The molecule has 0 spiro atoms. The molecule has 282 valence electrons. The van der Waals surface area contributed by atoms with E-state index in [2.05, 4.69) is 32.1 Å². The maximum absolute atomic E-state index is 14.0. The van der Waals surface area contributed by atoms with E-state index in [-0.39, 0.29) is 29.6 Å². The molecule has 0 bridgehead atoms. The number of para-hydroxylation sites is 1. The van der Waals surface area contributed by atoms with E-state index in [1.807, 2.05) is 0 Å². The Morgan fingerprint density at radius 3 is 2.30 bits per heavy atom. The first-order valence-electron chi connectivity index (χ1n) is 17.0. The van der Waals surface area contributed by atoms with Crippen molar-refractivity contribution in [3.05, 3.63) is 78.0 Å². The molecule has 1 aliphatic rings. The molecule has 0 unspecified atom stereocenters. The summed E-state index contributed by atoms with van der Waals surface area (Å²) in [5.41, 5.74) is 1.25. The van der Waals surface area contributed by atoms with Gasteiger partial charge in [-0.2, -0.15) is 4.98 Å². The molecule has 1 saturated heterocycles. The first-order chi connectivity index (χ1) is 25.8. The molecule has 1 aliphatic heterocycles. The van der Waals surface area contributed by atoms with E-state index in [1.54, 1.807) is 69.9 Å². The molecule has 0 saturated carbocycles. The Morgan fingerprint density at radius 1 is 0.830 bits per heavy atom. The molecule has 0 atom stereocenters. The second-order valence-corrected chi connectivity index (χ2v) is 12.0. The van der Waals surface area contributed by atoms with Gasteiger partial charge in [0.05, 0.1) is 48.7 Å². The van der Waals surface area contributed by atoms with Crippen LogP contribution in [0.5, 0.6) is 34.5 Å². The molecule has 1 aromatic heterocycles. The zero-order valence-corrected chi connectivity index (χ0v) is 30.9. The molecule has 15 nitrogen and oxygen atoms in total. The summed E-state index contributed by atoms with van der Waals surface area (Å²) in [6.07, 6.45) is 1.52. The van der Waals surface area contributed by atoms with Crippen molar-refractivity contribution in [1.82, 2.24) is 19.8 Å². The van der Waals surface area contributed by atoms with E-state index < -0.39 is 12.1 Å². The molecule has 1 fully saturated rings. The smallest absolute Gasteiger partial charge is 0.421 e. The van der Waals surface area contributed by atoms with Crippen molar-refractivity contribution in [2.75, 3.05) is 92.1 Å². The molecule has 3 aromatic carbocycles. The Balaban J connectivity index is 1.41. The Kier molecular flexibility index (Phi) is 13.5. The number of rotatable bonds is 16. The van der Waals surface area contributed by atoms with Crippen molar-refractivity contribution in [2.45, 2.75) is 13.0 Å². The molecule has 5 rings (SSSR count). The Bertz CT molecular complexity index is 1850. The lowest BCUT2D eigenvalue weighted by Crippen LogP contribution is -2.44. The van der Waals surface area contributed by atoms with Gasteiger partial charge >= 0.3 is 12.1 Å². The zero-order chi connectivity index (χ0) is 37.7. The number of carbonyl (C=O) groups is 2. The number of anilines is 3. The highest BCUT2D eigenvalue weighted by Gasteiger charge is 2.25. The first-order valence-corrected chi connectivity index (χ1v) is 17.0. The fraction of sp³-hybridized carbons (Fsp3) is 0.368. The van der Waals surface area contributed by atoms with E-state index in [0.29, 0.717) is 46.6 Å². The molecular weight excluding hydrogens is 684 g/mol. The van der Waals surface area contributed by atoms with Crippen molar-refractivity contribution in [3.8, 4) is 34.5 Å². The standard InChI is InChI=1S/C38H46N6O9/c1-42-17-19-43(20-18-42)16-9-21-52-33-24-27(23-32(49-4)35(33)50-5)40-37-39-15-14-34(41-37)44(25-26-22-28(47-2)12-13-30(26)48-3)38(46)53-31-11-8-7-10-29(31)36(45)51-6/h7-8,10-15,22-24H,9,16-21,25H2,1-6H3,(H,39,40,41). The van der Waals surface area contributed by atoms with Crippen LogP contribution in [-0.2, 0) is 11.3 Å². The van der Waals surface area contributed by atoms with Crippen molar-refractivity contribution >= 4 is 29.5 Å². The van der Waals surface area contributed by atoms with Crippen LogP contribution in [0.4, 0.5) is 22.2 Å². The predicted molar refractivity (Wildman–Crippen MR) is 198 cm³/mol. The summed E-state index contributed by atoms with van der Waals surface area (Å²) in [5.74, 6) is 2.17. The van der Waals surface area contributed by atoms with Crippen LogP contribution in [0.1, 0.15) is 22.3 Å². The molecule has 53 heavy (non-hydrogen) atoms. The number of likely N-dealkylation sites (N-methyl/N-ethyl adjacent to an activating group) is 1. The second-order valence-electron chi connectivity index (χ2n) is 12.0. The van der Waals surface area contributed by atoms with Crippen LogP contribution in [0.15, 0.2) is 66.9 Å². The number of hydrogen-bond acceptors (Lipinski definition) is 14. The third kappa shape index (κ3) is 9.96. The van der Waals surface area contributed by atoms with Gasteiger partial charge in [0.2, 0.25) is 11.7 Å². The summed E-state index contributed by atoms with van der Waals surface area (Å²) in [5, 5.41) is 3.20. The second kappa shape index (κ2) is 18.6. The number of carbonyl (C=O) groups excluding carboxylic acids is 2. The highest BCUT2D eigenvalue weighted by atomic mass is 16.6. The number of esters is 1. The first kappa shape index (κ1) is 38.4. The van der Waals surface area contributed by atoms with E-state index in [1.165, 1.54) is 37.4 Å². The SMILES string of the molecule is COC(=O)c1ccccc1OC(=O)N(Cc1cc(OC)ccc1OC)c1ccnc(Nc2cc(OC)c(OC)c(OCCCN3CCN(C)CC3)c2)n1. The monoisotopic (exact) mass is 730 g/mol. The van der Waals surface area contributed by atoms with Crippen LogP contribution in [0.25, 0.3) is 0 Å². The van der Waals surface area contributed by atoms with Crippen LogP contribution in [-0.4, -0.2) is 114 Å². The predicted octanol–water partition coefficient (Wildman–Crippen LogP) is 5.26. The van der Waals surface area contributed by atoms with E-state index in [4.69, 9.17) is 33.2 Å². The Labute approximate surface area is 309 Å². The van der Waals surface area contributed by atoms with Gasteiger partial charge in [0.15, 0.2) is 11.5 Å². The fourth-order valence-electron chi connectivity index (χ4n) is 5.74. The number of piperazine rings is 1. The average Bonchev–Trinajstić information content (AvgIpc) is 3.18. The molecule has 0 radical (unpaired) electrons. The van der Waals surface area contributed by atoms with Crippen molar-refractivity contribution in [3.63, 3.8) is 0 Å². The summed E-state index contributed by atoms with van der Waals surface area (Å²) >= 11 is 0. The van der Waals surface area contributed by atoms with Crippen LogP contribution in [0.3, 0.4) is 0 Å². The maximum atomic E-state index is 14.0. The lowest BCUT2D eigenvalue weighted by molar-refractivity contribution is 0.0598. The molecule has 2 heterocycles. The lowest BCUT2D eigenvalue weighted by Gasteiger charge is -2.32. The number of benzene rings is 3. The Hall–Kier alpha value is -5.80. The minimum Gasteiger partial charge on any atom is -0.497 e. The van der Waals surface area contributed by atoms with Gasteiger partial charge in [-0.05, 0) is 49.9 Å². The van der Waals surface area contributed by atoms with Gasteiger partial charge in [0, 0.05) is 62.3 Å². The number of methoxy groups -OCH3 is 5. The third-order valence-electron chi connectivity index (χ3n) is 8.62. The number of amides is 1. The number of nitrogens with one attached hydrogen (secondary N) is 1. The van der Waals surface area contributed by atoms with Crippen LogP contribution in [0, 0.1) is 0 Å². The number of aromatic nitrogens is 2. The van der Waals surface area contributed by atoms with Crippen molar-refractivity contribution in [1.29, 1.82) is 0 Å². The molecule has 0 aliphatic carbocycles. The topological polar surface area (TPSA) is 146 Å². The maximum Gasteiger partial charge on any atom is 0.421 e. The van der Waals surface area contributed by atoms with E-state index in [0.717, 1.165) is 39.1 Å². The molecule has 4 aromatic rings. The summed E-state index contributed by atoms with van der Waals surface area (Å²) in [4.78, 5) is 41.6. The number of hydrogen-bond donors (Lipinski definition) is 1. The normalized spacial score (nSPS) is 13.1. The van der Waals surface area contributed by atoms with Gasteiger partial charge in [-0.3, -0.25) is 4.90 Å². The largest absolute Gasteiger partial charge is 0.497 e. The van der Waals surface area contributed by atoms with Crippen molar-refractivity contribution in [2.24, 2.45) is 0 Å². The quantitative estimate of drug-likeness (QED) is 0.118. The lowest BCUT2D eigenvalue weighted by atomic mass is 10.1. The highest BCUT2D eigenvalue weighted by molar-refractivity contribution is 5.95.